The van der Waals surface area contributed by atoms with E-state index in [-0.39, 0.29) is 0 Å². The van der Waals surface area contributed by atoms with Crippen LogP contribution in [-0.2, 0) is 6.42 Å². The molecule has 3 nitrogen and oxygen atoms in total. The van der Waals surface area contributed by atoms with Crippen LogP contribution in [0.1, 0.15) is 17.5 Å². The molecule has 0 amide bonds. The van der Waals surface area contributed by atoms with Crippen LogP contribution >= 0.6 is 27.3 Å². The number of allylic oxidation sites excluding steroid dienone is 1. The molecule has 1 aromatic heterocycles. The minimum Gasteiger partial charge on any atom is -0.360 e. The van der Waals surface area contributed by atoms with Gasteiger partial charge in [-0.3, -0.25) is 0 Å². The highest BCUT2D eigenvalue weighted by molar-refractivity contribution is 9.10. The third-order valence-corrected chi connectivity index (χ3v) is 5.17. The number of nitrogens with one attached hydrogen (secondary N) is 1. The predicted molar refractivity (Wildman–Crippen MR) is 108 cm³/mol. The number of halogens is 1. The SMILES string of the molecule is CCc1ccccc1N/C=C(\C#N)c1nc(-c2ccc(Br)cc2)cs1. The van der Waals surface area contributed by atoms with Crippen LogP contribution in [0, 0.1) is 11.3 Å². The predicted octanol–water partition coefficient (Wildman–Crippen LogP) is 6.11. The zero-order valence-electron chi connectivity index (χ0n) is 13.7. The standard InChI is InChI=1S/C20H16BrN3S/c1-2-14-5-3-4-6-18(14)23-12-16(11-22)20-24-19(13-25-20)15-7-9-17(21)10-8-15/h3-10,12-13,23H,2H2,1H3/b16-12+. The van der Waals surface area contributed by atoms with Gasteiger partial charge in [-0.25, -0.2) is 4.98 Å². The van der Waals surface area contributed by atoms with Crippen LogP contribution in [0.4, 0.5) is 5.69 Å². The van der Waals surface area contributed by atoms with Crippen molar-refractivity contribution in [1.29, 1.82) is 5.26 Å². The maximum absolute atomic E-state index is 9.50. The monoisotopic (exact) mass is 409 g/mol. The molecule has 0 aliphatic rings. The quantitative estimate of drug-likeness (QED) is 0.516. The lowest BCUT2D eigenvalue weighted by molar-refractivity contribution is 1.14. The van der Waals surface area contributed by atoms with Gasteiger partial charge in [0.05, 0.1) is 5.69 Å². The van der Waals surface area contributed by atoms with Gasteiger partial charge in [0, 0.05) is 27.3 Å². The molecule has 3 rings (SSSR count). The molecular weight excluding hydrogens is 394 g/mol. The van der Waals surface area contributed by atoms with E-state index in [2.05, 4.69) is 45.3 Å². The number of hydrogen-bond acceptors (Lipinski definition) is 4. The molecule has 0 aliphatic heterocycles. The summed E-state index contributed by atoms with van der Waals surface area (Å²) < 4.78 is 1.03. The minimum absolute atomic E-state index is 0.527. The van der Waals surface area contributed by atoms with Crippen LogP contribution < -0.4 is 5.32 Å². The highest BCUT2D eigenvalue weighted by Gasteiger charge is 2.09. The van der Waals surface area contributed by atoms with E-state index in [1.807, 2.05) is 47.8 Å². The van der Waals surface area contributed by atoms with Crippen LogP contribution in [0.15, 0.2) is 64.6 Å². The highest BCUT2D eigenvalue weighted by atomic mass is 79.9. The van der Waals surface area contributed by atoms with Gasteiger partial charge in [-0.05, 0) is 30.2 Å². The number of nitrogens with zero attached hydrogens (tertiary/aromatic N) is 2. The number of hydrogen-bond donors (Lipinski definition) is 1. The summed E-state index contributed by atoms with van der Waals surface area (Å²) >= 11 is 4.91. The summed E-state index contributed by atoms with van der Waals surface area (Å²) in [4.78, 5) is 4.61. The van der Waals surface area contributed by atoms with E-state index in [4.69, 9.17) is 0 Å². The summed E-state index contributed by atoms with van der Waals surface area (Å²) in [6.45, 7) is 2.11. The van der Waals surface area contributed by atoms with Crippen LogP contribution in [-0.4, -0.2) is 4.98 Å². The normalized spacial score (nSPS) is 11.2. The van der Waals surface area contributed by atoms with Gasteiger partial charge >= 0.3 is 0 Å². The second-order valence-electron chi connectivity index (χ2n) is 5.37. The molecule has 25 heavy (non-hydrogen) atoms. The van der Waals surface area contributed by atoms with Crippen LogP contribution in [0.25, 0.3) is 16.8 Å². The summed E-state index contributed by atoms with van der Waals surface area (Å²) in [5, 5.41) is 15.4. The van der Waals surface area contributed by atoms with Gasteiger partial charge in [-0.1, -0.05) is 53.2 Å². The molecular formula is C20H16BrN3S. The van der Waals surface area contributed by atoms with Gasteiger partial charge in [0.1, 0.15) is 16.6 Å². The van der Waals surface area contributed by atoms with E-state index in [0.29, 0.717) is 10.6 Å². The largest absolute Gasteiger partial charge is 0.360 e. The molecule has 5 heteroatoms. The summed E-state index contributed by atoms with van der Waals surface area (Å²) in [6, 6.07) is 18.3. The van der Waals surface area contributed by atoms with Gasteiger partial charge in [0.2, 0.25) is 0 Å². The summed E-state index contributed by atoms with van der Waals surface area (Å²) in [7, 11) is 0. The third kappa shape index (κ3) is 4.16. The van der Waals surface area contributed by atoms with Crippen molar-refractivity contribution in [3.8, 4) is 17.3 Å². The molecule has 124 valence electrons. The molecule has 3 aromatic rings. The molecule has 0 fully saturated rings. The fourth-order valence-corrected chi connectivity index (χ4v) is 3.47. The fraction of sp³-hybridized carbons (Fsp3) is 0.100. The number of anilines is 1. The molecule has 0 spiro atoms. The van der Waals surface area contributed by atoms with Crippen molar-refractivity contribution in [3.63, 3.8) is 0 Å². The smallest absolute Gasteiger partial charge is 0.136 e. The number of aryl methyl sites for hydroxylation is 1. The zero-order chi connectivity index (χ0) is 17.6. The number of thiazole rings is 1. The first-order chi connectivity index (χ1) is 12.2. The van der Waals surface area contributed by atoms with Gasteiger partial charge in [-0.15, -0.1) is 11.3 Å². The van der Waals surface area contributed by atoms with Gasteiger partial charge in [0.25, 0.3) is 0 Å². The molecule has 0 unspecified atom stereocenters. The second-order valence-corrected chi connectivity index (χ2v) is 7.14. The topological polar surface area (TPSA) is 48.7 Å². The fourth-order valence-electron chi connectivity index (χ4n) is 2.41. The maximum Gasteiger partial charge on any atom is 0.136 e. The molecule has 2 aromatic carbocycles. The number of benzene rings is 2. The minimum atomic E-state index is 0.527. The number of aromatic nitrogens is 1. The molecule has 0 radical (unpaired) electrons. The van der Waals surface area contributed by atoms with E-state index in [9.17, 15) is 5.26 Å². The molecule has 0 saturated carbocycles. The number of rotatable bonds is 5. The van der Waals surface area contributed by atoms with E-state index >= 15 is 0 Å². The van der Waals surface area contributed by atoms with Gasteiger partial charge < -0.3 is 5.32 Å². The Morgan fingerprint density at radius 1 is 1.24 bits per heavy atom. The van der Waals surface area contributed by atoms with E-state index in [0.717, 1.165) is 27.8 Å². The van der Waals surface area contributed by atoms with Crippen molar-refractivity contribution in [2.45, 2.75) is 13.3 Å². The average molecular weight is 410 g/mol. The molecule has 0 aliphatic carbocycles. The van der Waals surface area contributed by atoms with Crippen molar-refractivity contribution >= 4 is 38.5 Å². The van der Waals surface area contributed by atoms with Crippen molar-refractivity contribution in [2.75, 3.05) is 5.32 Å². The first-order valence-electron chi connectivity index (χ1n) is 7.88. The first-order valence-corrected chi connectivity index (χ1v) is 9.55. The lowest BCUT2D eigenvalue weighted by Crippen LogP contribution is -1.95. The summed E-state index contributed by atoms with van der Waals surface area (Å²) in [5.41, 5.74) is 4.67. The Kier molecular flexibility index (Phi) is 5.64. The Balaban J connectivity index is 1.84. The average Bonchev–Trinajstić information content (AvgIpc) is 3.13. The van der Waals surface area contributed by atoms with Crippen LogP contribution in [0.5, 0.6) is 0 Å². The Morgan fingerprint density at radius 2 is 2.00 bits per heavy atom. The maximum atomic E-state index is 9.50. The Labute approximate surface area is 159 Å². The van der Waals surface area contributed by atoms with Gasteiger partial charge in [0.15, 0.2) is 0 Å². The molecule has 0 atom stereocenters. The molecule has 1 N–H and O–H groups in total. The lowest BCUT2D eigenvalue weighted by Gasteiger charge is -2.07. The van der Waals surface area contributed by atoms with Crippen LogP contribution in [0.2, 0.25) is 0 Å². The number of nitriles is 1. The molecule has 0 saturated heterocycles. The van der Waals surface area contributed by atoms with Crippen molar-refractivity contribution < 1.29 is 0 Å². The van der Waals surface area contributed by atoms with E-state index in [1.165, 1.54) is 16.9 Å². The Bertz CT molecular complexity index is 936. The Morgan fingerprint density at radius 3 is 2.72 bits per heavy atom. The highest BCUT2D eigenvalue weighted by Crippen LogP contribution is 2.27. The van der Waals surface area contributed by atoms with Gasteiger partial charge in [-0.2, -0.15) is 5.26 Å². The van der Waals surface area contributed by atoms with Crippen molar-refractivity contribution in [1.82, 2.24) is 4.98 Å². The van der Waals surface area contributed by atoms with Crippen molar-refractivity contribution in [2.24, 2.45) is 0 Å². The van der Waals surface area contributed by atoms with E-state index < -0.39 is 0 Å². The van der Waals surface area contributed by atoms with Crippen LogP contribution in [0.3, 0.4) is 0 Å². The first kappa shape index (κ1) is 17.4. The number of para-hydroxylation sites is 1. The van der Waals surface area contributed by atoms with Crippen molar-refractivity contribution in [3.05, 3.63) is 75.2 Å². The third-order valence-electron chi connectivity index (χ3n) is 3.77. The lowest BCUT2D eigenvalue weighted by atomic mass is 10.1. The second kappa shape index (κ2) is 8.11. The van der Waals surface area contributed by atoms with E-state index in [1.54, 1.807) is 6.20 Å². The summed E-state index contributed by atoms with van der Waals surface area (Å²) in [5.74, 6) is 0. The molecule has 1 heterocycles. The summed E-state index contributed by atoms with van der Waals surface area (Å²) in [6.07, 6.45) is 2.67. The zero-order valence-corrected chi connectivity index (χ0v) is 16.1. The Hall–Kier alpha value is -2.42. The molecule has 0 bridgehead atoms.